The van der Waals surface area contributed by atoms with Crippen LogP contribution in [-0.4, -0.2) is 24.6 Å². The molecule has 1 unspecified atom stereocenters. The van der Waals surface area contributed by atoms with E-state index in [0.29, 0.717) is 29.5 Å². The van der Waals surface area contributed by atoms with Gasteiger partial charge >= 0.3 is 0 Å². The second kappa shape index (κ2) is 10.0. The average Bonchev–Trinajstić information content (AvgIpc) is 3.19. The van der Waals surface area contributed by atoms with Crippen LogP contribution in [-0.2, 0) is 0 Å². The maximum absolute atomic E-state index is 14.0. The van der Waals surface area contributed by atoms with Crippen molar-refractivity contribution in [3.05, 3.63) is 93.2 Å². The van der Waals surface area contributed by atoms with Gasteiger partial charge in [0.15, 0.2) is 16.9 Å². The maximum Gasteiger partial charge on any atom is 0.296 e. The van der Waals surface area contributed by atoms with Gasteiger partial charge in [-0.15, -0.1) is 0 Å². The number of hydrogen-bond acceptors (Lipinski definition) is 6. The molecule has 8 heteroatoms. The minimum absolute atomic E-state index is 0.0680. The molecule has 0 bridgehead atoms. The van der Waals surface area contributed by atoms with Crippen molar-refractivity contribution in [1.29, 1.82) is 0 Å². The van der Waals surface area contributed by atoms with Gasteiger partial charge in [0.2, 0.25) is 5.76 Å². The van der Waals surface area contributed by atoms with Crippen LogP contribution in [0.2, 0.25) is 0 Å². The standard InChI is InChI=1S/C29H27FN2O5/c1-4-5-6-13-36-22-9-7-18(15-23(22)35-3)26-25-27(33)20-16-19(30)8-10-21(20)37-28(25)29(34)32(26)24-14-17(2)11-12-31-24/h7-12,14-16,26H,4-6,13H2,1-3H3. The summed E-state index contributed by atoms with van der Waals surface area (Å²) in [6.07, 6.45) is 4.67. The summed E-state index contributed by atoms with van der Waals surface area (Å²) in [5.41, 5.74) is 1.31. The number of unbranched alkanes of at least 4 members (excludes halogenated alkanes) is 2. The molecule has 0 N–H and O–H groups in total. The fourth-order valence-electron chi connectivity index (χ4n) is 4.66. The predicted octanol–water partition coefficient (Wildman–Crippen LogP) is 5.96. The van der Waals surface area contributed by atoms with Gasteiger partial charge in [-0.3, -0.25) is 14.5 Å². The van der Waals surface area contributed by atoms with Crippen LogP contribution in [0.15, 0.2) is 63.9 Å². The van der Waals surface area contributed by atoms with Crippen LogP contribution in [0.25, 0.3) is 11.0 Å². The predicted molar refractivity (Wildman–Crippen MR) is 138 cm³/mol. The molecule has 190 valence electrons. The number of amides is 1. The summed E-state index contributed by atoms with van der Waals surface area (Å²) in [5, 5.41) is 0.0680. The van der Waals surface area contributed by atoms with Crippen molar-refractivity contribution in [3.63, 3.8) is 0 Å². The summed E-state index contributed by atoms with van der Waals surface area (Å²) in [4.78, 5) is 33.2. The molecule has 0 saturated carbocycles. The Morgan fingerprint density at radius 3 is 2.65 bits per heavy atom. The monoisotopic (exact) mass is 502 g/mol. The highest BCUT2D eigenvalue weighted by atomic mass is 19.1. The van der Waals surface area contributed by atoms with Crippen LogP contribution < -0.4 is 19.8 Å². The van der Waals surface area contributed by atoms with E-state index in [1.165, 1.54) is 24.1 Å². The van der Waals surface area contributed by atoms with Gasteiger partial charge in [0.25, 0.3) is 5.91 Å². The molecule has 0 spiro atoms. The number of carbonyl (C=O) groups excluding carboxylic acids is 1. The molecule has 1 aliphatic heterocycles. The van der Waals surface area contributed by atoms with Crippen LogP contribution in [0.3, 0.4) is 0 Å². The lowest BCUT2D eigenvalue weighted by atomic mass is 9.98. The van der Waals surface area contributed by atoms with E-state index >= 15 is 0 Å². The molecule has 37 heavy (non-hydrogen) atoms. The van der Waals surface area contributed by atoms with E-state index in [4.69, 9.17) is 13.9 Å². The Kier molecular flexibility index (Phi) is 6.65. The van der Waals surface area contributed by atoms with Crippen molar-refractivity contribution in [2.24, 2.45) is 0 Å². The smallest absolute Gasteiger partial charge is 0.296 e. The Labute approximate surface area is 213 Å². The molecule has 5 rings (SSSR count). The second-order valence-electron chi connectivity index (χ2n) is 9.05. The molecule has 0 fully saturated rings. The van der Waals surface area contributed by atoms with Crippen LogP contribution in [0.4, 0.5) is 10.2 Å². The molecule has 2 aromatic heterocycles. The summed E-state index contributed by atoms with van der Waals surface area (Å²) in [6, 6.07) is 11.7. The first kappa shape index (κ1) is 24.5. The number of nitrogens with zero attached hydrogens (tertiary/aromatic N) is 2. The van der Waals surface area contributed by atoms with Crippen molar-refractivity contribution in [2.45, 2.75) is 39.2 Å². The number of halogens is 1. The van der Waals surface area contributed by atoms with E-state index < -0.39 is 23.2 Å². The Hall–Kier alpha value is -4.20. The topological polar surface area (TPSA) is 81.9 Å². The average molecular weight is 503 g/mol. The first-order valence-electron chi connectivity index (χ1n) is 12.3. The van der Waals surface area contributed by atoms with Crippen LogP contribution in [0.1, 0.15) is 59.5 Å². The number of fused-ring (bicyclic) bond motifs is 2. The lowest BCUT2D eigenvalue weighted by molar-refractivity contribution is 0.0970. The highest BCUT2D eigenvalue weighted by Gasteiger charge is 2.44. The van der Waals surface area contributed by atoms with Crippen molar-refractivity contribution in [3.8, 4) is 11.5 Å². The van der Waals surface area contributed by atoms with Gasteiger partial charge in [-0.05, 0) is 66.9 Å². The summed E-state index contributed by atoms with van der Waals surface area (Å²) in [5.74, 6) is 0.263. The first-order valence-corrected chi connectivity index (χ1v) is 12.3. The fourth-order valence-corrected chi connectivity index (χ4v) is 4.66. The van der Waals surface area contributed by atoms with Crippen molar-refractivity contribution in [1.82, 2.24) is 4.98 Å². The lowest BCUT2D eigenvalue weighted by Gasteiger charge is -2.25. The van der Waals surface area contributed by atoms with Gasteiger partial charge in [0.1, 0.15) is 17.2 Å². The third kappa shape index (κ3) is 4.43. The molecule has 0 aliphatic carbocycles. The van der Waals surface area contributed by atoms with E-state index in [9.17, 15) is 14.0 Å². The summed E-state index contributed by atoms with van der Waals surface area (Å²) in [7, 11) is 1.54. The number of carbonyl (C=O) groups is 1. The molecule has 4 aromatic rings. The summed E-state index contributed by atoms with van der Waals surface area (Å²) >= 11 is 0. The second-order valence-corrected chi connectivity index (χ2v) is 9.05. The maximum atomic E-state index is 14.0. The zero-order chi connectivity index (χ0) is 26.1. The molecule has 3 heterocycles. The Morgan fingerprint density at radius 2 is 1.89 bits per heavy atom. The number of anilines is 1. The molecule has 2 aromatic carbocycles. The third-order valence-corrected chi connectivity index (χ3v) is 6.49. The SMILES string of the molecule is CCCCCOc1ccc(C2c3c(oc4ccc(F)cc4c3=O)C(=O)N2c2cc(C)ccn2)cc1OC. The highest BCUT2D eigenvalue weighted by Crippen LogP contribution is 2.43. The van der Waals surface area contributed by atoms with Crippen LogP contribution >= 0.6 is 0 Å². The summed E-state index contributed by atoms with van der Waals surface area (Å²) in [6.45, 7) is 4.57. The first-order chi connectivity index (χ1) is 17.9. The number of aromatic nitrogens is 1. The zero-order valence-corrected chi connectivity index (χ0v) is 20.9. The molecule has 0 saturated heterocycles. The minimum atomic E-state index is -0.858. The molecule has 1 amide bonds. The van der Waals surface area contributed by atoms with Crippen LogP contribution in [0.5, 0.6) is 11.5 Å². The number of methoxy groups -OCH3 is 1. The van der Waals surface area contributed by atoms with E-state index in [2.05, 4.69) is 11.9 Å². The number of benzene rings is 2. The van der Waals surface area contributed by atoms with E-state index in [-0.39, 0.29) is 22.3 Å². The molecule has 7 nitrogen and oxygen atoms in total. The van der Waals surface area contributed by atoms with Gasteiger partial charge in [-0.25, -0.2) is 9.37 Å². The van der Waals surface area contributed by atoms with Crippen molar-refractivity contribution in [2.75, 3.05) is 18.6 Å². The number of rotatable bonds is 8. The van der Waals surface area contributed by atoms with Crippen LogP contribution in [0, 0.1) is 12.7 Å². The number of ether oxygens (including phenoxy) is 2. The number of hydrogen-bond donors (Lipinski definition) is 0. The van der Waals surface area contributed by atoms with E-state index in [1.54, 1.807) is 30.5 Å². The van der Waals surface area contributed by atoms with E-state index in [0.717, 1.165) is 30.9 Å². The fraction of sp³-hybridized carbons (Fsp3) is 0.276. The molecule has 0 radical (unpaired) electrons. The Morgan fingerprint density at radius 1 is 1.05 bits per heavy atom. The Balaban J connectivity index is 1.68. The minimum Gasteiger partial charge on any atom is -0.493 e. The summed E-state index contributed by atoms with van der Waals surface area (Å²) < 4.78 is 31.5. The third-order valence-electron chi connectivity index (χ3n) is 6.49. The number of pyridine rings is 1. The van der Waals surface area contributed by atoms with Gasteiger partial charge in [-0.2, -0.15) is 0 Å². The quantitative estimate of drug-likeness (QED) is 0.277. The number of aryl methyl sites for hydroxylation is 1. The van der Waals surface area contributed by atoms with E-state index in [1.807, 2.05) is 13.0 Å². The largest absolute Gasteiger partial charge is 0.493 e. The van der Waals surface area contributed by atoms with Crippen molar-refractivity contribution < 1.29 is 23.1 Å². The highest BCUT2D eigenvalue weighted by molar-refractivity contribution is 6.10. The van der Waals surface area contributed by atoms with Gasteiger partial charge in [0, 0.05) is 6.20 Å². The normalized spacial score (nSPS) is 14.8. The van der Waals surface area contributed by atoms with Gasteiger partial charge < -0.3 is 13.9 Å². The molecule has 1 aliphatic rings. The lowest BCUT2D eigenvalue weighted by Crippen LogP contribution is -2.30. The molecular weight excluding hydrogens is 475 g/mol. The molecule has 1 atom stereocenters. The Bertz CT molecular complexity index is 1550. The van der Waals surface area contributed by atoms with Gasteiger partial charge in [0.05, 0.1) is 30.7 Å². The van der Waals surface area contributed by atoms with Crippen molar-refractivity contribution >= 4 is 22.7 Å². The zero-order valence-electron chi connectivity index (χ0n) is 20.9. The van der Waals surface area contributed by atoms with Gasteiger partial charge in [-0.1, -0.05) is 25.8 Å². The molecular formula is C29H27FN2O5.